The summed E-state index contributed by atoms with van der Waals surface area (Å²) in [6.07, 6.45) is 10.8. The van der Waals surface area contributed by atoms with E-state index in [1.54, 1.807) is 0 Å². The fourth-order valence-electron chi connectivity index (χ4n) is 6.69. The highest BCUT2D eigenvalue weighted by Crippen LogP contribution is 2.71. The van der Waals surface area contributed by atoms with Crippen molar-refractivity contribution in [3.05, 3.63) is 44.0 Å². The molecule has 4 aliphatic rings. The van der Waals surface area contributed by atoms with E-state index in [9.17, 15) is 10.5 Å². The summed E-state index contributed by atoms with van der Waals surface area (Å²) in [5.74, 6) is -0.381. The molecule has 0 atom stereocenters. The molecule has 6 rings (SSSR count). The Kier molecular flexibility index (Phi) is 5.34. The highest BCUT2D eigenvalue weighted by atomic mass is 32.1. The van der Waals surface area contributed by atoms with E-state index in [-0.39, 0.29) is 22.5 Å². The summed E-state index contributed by atoms with van der Waals surface area (Å²) < 4.78 is 0. The van der Waals surface area contributed by atoms with Gasteiger partial charge in [0, 0.05) is 10.8 Å². The summed E-state index contributed by atoms with van der Waals surface area (Å²) in [5.41, 5.74) is 4.36. The summed E-state index contributed by atoms with van der Waals surface area (Å²) in [5, 5.41) is 19.5. The standard InChI is InChI=1S/C26H20N8S2/c1-29-15(13-27)31-23-33-21-19(35-23)17-18(25(21)9-5-3-6-10-25)20-22(26(17)11-7-4-8-12-26)34-24(36-20)32-16(14-28)30-2/h3-12H2/b31-15-,32-16+. The van der Waals surface area contributed by atoms with Gasteiger partial charge in [-0.1, -0.05) is 84.3 Å². The normalized spacial score (nSPS) is 21.3. The predicted octanol–water partition coefficient (Wildman–Crippen LogP) is 6.89. The number of rotatable bonds is 2. The van der Waals surface area contributed by atoms with Crippen molar-refractivity contribution in [2.24, 2.45) is 9.98 Å². The quantitative estimate of drug-likeness (QED) is 0.250. The average molecular weight is 509 g/mol. The lowest BCUT2D eigenvalue weighted by atomic mass is 9.68. The summed E-state index contributed by atoms with van der Waals surface area (Å²) in [7, 11) is 0. The van der Waals surface area contributed by atoms with E-state index in [1.807, 2.05) is 12.1 Å². The van der Waals surface area contributed by atoms with Gasteiger partial charge in [-0.3, -0.25) is 0 Å². The first-order valence-electron chi connectivity index (χ1n) is 12.1. The minimum absolute atomic E-state index is 0.190. The Morgan fingerprint density at radius 2 is 1.11 bits per heavy atom. The van der Waals surface area contributed by atoms with Gasteiger partial charge in [0.2, 0.25) is 0 Å². The van der Waals surface area contributed by atoms with Gasteiger partial charge in [-0.15, -0.1) is 0 Å². The average Bonchev–Trinajstić information content (AvgIpc) is 3.63. The molecule has 0 aromatic carbocycles. The second-order valence-corrected chi connectivity index (χ2v) is 11.7. The number of nitriles is 2. The number of nitrogens with zero attached hydrogens (tertiary/aromatic N) is 8. The summed E-state index contributed by atoms with van der Waals surface area (Å²) in [6.45, 7) is 14.5. The second kappa shape index (κ2) is 8.45. The zero-order chi connectivity index (χ0) is 24.9. The van der Waals surface area contributed by atoms with Gasteiger partial charge in [0.1, 0.15) is 12.1 Å². The number of allylic oxidation sites excluding steroid dienone is 2. The van der Waals surface area contributed by atoms with Crippen LogP contribution in [-0.4, -0.2) is 21.6 Å². The molecule has 2 heterocycles. The maximum atomic E-state index is 9.26. The molecule has 0 amide bonds. The fourth-order valence-corrected chi connectivity index (χ4v) is 9.07. The van der Waals surface area contributed by atoms with Crippen molar-refractivity contribution in [2.45, 2.75) is 75.0 Å². The van der Waals surface area contributed by atoms with Crippen molar-refractivity contribution in [1.82, 2.24) is 9.97 Å². The molecule has 2 aromatic rings. The smallest absolute Gasteiger partial charge is 0.351 e. The molecule has 0 aliphatic heterocycles. The Hall–Kier alpha value is -3.70. The molecule has 8 nitrogen and oxygen atoms in total. The van der Waals surface area contributed by atoms with E-state index < -0.39 is 0 Å². The van der Waals surface area contributed by atoms with E-state index in [2.05, 4.69) is 19.7 Å². The van der Waals surface area contributed by atoms with E-state index in [0.717, 1.165) is 72.5 Å². The lowest BCUT2D eigenvalue weighted by Gasteiger charge is -2.35. The lowest BCUT2D eigenvalue weighted by molar-refractivity contribution is 0.366. The van der Waals surface area contributed by atoms with Crippen molar-refractivity contribution in [3.63, 3.8) is 0 Å². The van der Waals surface area contributed by atoms with Crippen LogP contribution < -0.4 is 0 Å². The summed E-state index contributed by atoms with van der Waals surface area (Å²) >= 11 is 3.01. The summed E-state index contributed by atoms with van der Waals surface area (Å²) in [4.78, 5) is 27.3. The van der Waals surface area contributed by atoms with Crippen LogP contribution in [0, 0.1) is 35.8 Å². The minimum atomic E-state index is -0.223. The summed E-state index contributed by atoms with van der Waals surface area (Å²) in [6, 6.07) is 3.73. The third-order valence-corrected chi connectivity index (χ3v) is 9.96. The third-order valence-electron chi connectivity index (χ3n) is 8.03. The predicted molar refractivity (Wildman–Crippen MR) is 139 cm³/mol. The van der Waals surface area contributed by atoms with Crippen LogP contribution in [0.1, 0.15) is 85.4 Å². The van der Waals surface area contributed by atoms with Crippen molar-refractivity contribution in [1.29, 1.82) is 10.5 Å². The molecular formula is C26H20N8S2. The maximum absolute atomic E-state index is 9.26. The van der Waals surface area contributed by atoms with Gasteiger partial charge < -0.3 is 9.69 Å². The number of hydrogen-bond acceptors (Lipinski definition) is 8. The largest absolute Gasteiger partial charge is 0.352 e. The van der Waals surface area contributed by atoms with Crippen molar-refractivity contribution in [2.75, 3.05) is 0 Å². The number of amidine groups is 2. The highest BCUT2D eigenvalue weighted by molar-refractivity contribution is 7.18. The van der Waals surface area contributed by atoms with E-state index >= 15 is 0 Å². The number of thiazole rings is 2. The van der Waals surface area contributed by atoms with Crippen LogP contribution in [0.25, 0.3) is 20.8 Å². The first-order valence-corrected chi connectivity index (χ1v) is 13.7. The van der Waals surface area contributed by atoms with Crippen molar-refractivity contribution < 1.29 is 0 Å². The van der Waals surface area contributed by atoms with Crippen LogP contribution in [0.15, 0.2) is 9.98 Å². The van der Waals surface area contributed by atoms with E-state index in [1.165, 1.54) is 46.7 Å². The maximum Gasteiger partial charge on any atom is 0.352 e. The molecule has 0 radical (unpaired) electrons. The number of aliphatic imine (C=N–C) groups is 2. The highest BCUT2D eigenvalue weighted by Gasteiger charge is 2.60. The molecule has 2 saturated carbocycles. The molecular weight excluding hydrogens is 488 g/mol. The number of aromatic nitrogens is 2. The molecule has 0 bridgehead atoms. The molecule has 10 heteroatoms. The van der Waals surface area contributed by atoms with Gasteiger partial charge in [0.15, 0.2) is 0 Å². The molecule has 2 aromatic heterocycles. The topological polar surface area (TPSA) is 107 Å². The molecule has 2 fully saturated rings. The Morgan fingerprint density at radius 3 is 1.44 bits per heavy atom. The Morgan fingerprint density at radius 1 is 0.722 bits per heavy atom. The van der Waals surface area contributed by atoms with Crippen LogP contribution in [0.2, 0.25) is 0 Å². The minimum Gasteiger partial charge on any atom is -0.351 e. The molecule has 0 saturated heterocycles. The van der Waals surface area contributed by atoms with Gasteiger partial charge >= 0.3 is 21.9 Å². The van der Waals surface area contributed by atoms with Gasteiger partial charge in [0.25, 0.3) is 0 Å². The molecule has 176 valence electrons. The van der Waals surface area contributed by atoms with E-state index in [4.69, 9.17) is 23.1 Å². The monoisotopic (exact) mass is 508 g/mol. The van der Waals surface area contributed by atoms with Crippen LogP contribution in [0.3, 0.4) is 0 Å². The van der Waals surface area contributed by atoms with Crippen LogP contribution in [0.4, 0.5) is 10.3 Å². The molecule has 2 spiro atoms. The van der Waals surface area contributed by atoms with Crippen LogP contribution in [-0.2, 0) is 10.8 Å². The first kappa shape index (κ1) is 22.7. The Bertz CT molecular complexity index is 1400. The molecule has 0 N–H and O–H groups in total. The van der Waals surface area contributed by atoms with Crippen LogP contribution >= 0.6 is 22.7 Å². The fraction of sp³-hybridized carbons (Fsp3) is 0.462. The third kappa shape index (κ3) is 3.05. The van der Waals surface area contributed by atoms with Gasteiger partial charge in [0.05, 0.1) is 21.1 Å². The Labute approximate surface area is 217 Å². The SMILES string of the molecule is [C-]#[N+]/C(C#N)=N\c1nc2c(s1)C1=C(c3sc(/N=C(\C#N)[N+]#[C-])nc3C13CCCCC3)C21CCCCC1. The van der Waals surface area contributed by atoms with Crippen molar-refractivity contribution in [3.8, 4) is 12.1 Å². The van der Waals surface area contributed by atoms with Gasteiger partial charge in [-0.05, 0) is 36.8 Å². The number of fused-ring (bicyclic) bond motifs is 8. The first-order chi connectivity index (χ1) is 17.6. The lowest BCUT2D eigenvalue weighted by Crippen LogP contribution is -2.29. The Balaban J connectivity index is 1.61. The molecule has 4 aliphatic carbocycles. The number of hydrogen-bond donors (Lipinski definition) is 0. The van der Waals surface area contributed by atoms with Crippen molar-refractivity contribution >= 4 is 55.8 Å². The van der Waals surface area contributed by atoms with Gasteiger partial charge in [-0.25, -0.2) is 20.5 Å². The zero-order valence-electron chi connectivity index (χ0n) is 19.5. The van der Waals surface area contributed by atoms with Gasteiger partial charge in [-0.2, -0.15) is 0 Å². The second-order valence-electron chi connectivity index (χ2n) is 9.70. The molecule has 36 heavy (non-hydrogen) atoms. The van der Waals surface area contributed by atoms with E-state index in [0.29, 0.717) is 10.3 Å². The molecule has 0 unspecified atom stereocenters. The zero-order valence-corrected chi connectivity index (χ0v) is 21.1. The van der Waals surface area contributed by atoms with Crippen LogP contribution in [0.5, 0.6) is 0 Å².